The lowest BCUT2D eigenvalue weighted by molar-refractivity contribution is 0.101. The number of carbonyl (C=O) groups is 2. The number of aromatic nitrogens is 2. The van der Waals surface area contributed by atoms with E-state index in [-0.39, 0.29) is 28.3 Å². The van der Waals surface area contributed by atoms with Crippen molar-refractivity contribution in [3.63, 3.8) is 0 Å². The minimum absolute atomic E-state index is 0.0965. The zero-order chi connectivity index (χ0) is 22.0. The minimum atomic E-state index is -0.745. The van der Waals surface area contributed by atoms with Crippen molar-refractivity contribution in [2.45, 2.75) is 0 Å². The molecule has 0 unspecified atom stereocenters. The average Bonchev–Trinajstić information content (AvgIpc) is 2.79. The predicted octanol–water partition coefficient (Wildman–Crippen LogP) is 4.40. The first kappa shape index (κ1) is 20.1. The first-order valence-electron chi connectivity index (χ1n) is 9.16. The summed E-state index contributed by atoms with van der Waals surface area (Å²) in [7, 11) is 1.45. The number of nitrogens with one attached hydrogen (secondary N) is 1. The third-order valence-corrected chi connectivity index (χ3v) is 4.55. The van der Waals surface area contributed by atoms with E-state index in [9.17, 15) is 18.4 Å². The van der Waals surface area contributed by atoms with Gasteiger partial charge in [0.25, 0.3) is 5.91 Å². The van der Waals surface area contributed by atoms with Gasteiger partial charge in [0, 0.05) is 16.8 Å². The Bertz CT molecular complexity index is 1320. The smallest absolute Gasteiger partial charge is 0.255 e. The van der Waals surface area contributed by atoms with Gasteiger partial charge in [-0.1, -0.05) is 6.07 Å². The molecule has 0 spiro atoms. The summed E-state index contributed by atoms with van der Waals surface area (Å²) in [5, 5.41) is 2.54. The van der Waals surface area contributed by atoms with Crippen LogP contribution in [0.4, 0.5) is 14.5 Å². The number of halogens is 2. The molecule has 0 saturated heterocycles. The summed E-state index contributed by atoms with van der Waals surface area (Å²) in [6.45, 7) is 0. The van der Waals surface area contributed by atoms with Gasteiger partial charge in [-0.25, -0.2) is 18.7 Å². The second kappa shape index (κ2) is 8.27. The van der Waals surface area contributed by atoms with Gasteiger partial charge < -0.3 is 10.1 Å². The highest BCUT2D eigenvalue weighted by molar-refractivity contribution is 6.11. The normalized spacial score (nSPS) is 10.7. The van der Waals surface area contributed by atoms with Crippen molar-refractivity contribution in [3.8, 4) is 5.88 Å². The molecule has 6 nitrogen and oxygen atoms in total. The molecule has 154 valence electrons. The first-order valence-corrected chi connectivity index (χ1v) is 9.16. The van der Waals surface area contributed by atoms with Crippen LogP contribution >= 0.6 is 0 Å². The quantitative estimate of drug-likeness (QED) is 0.485. The number of hydrogen-bond donors (Lipinski definition) is 1. The van der Waals surface area contributed by atoms with Crippen LogP contribution in [0.2, 0.25) is 0 Å². The summed E-state index contributed by atoms with van der Waals surface area (Å²) < 4.78 is 32.8. The van der Waals surface area contributed by atoms with E-state index in [0.29, 0.717) is 11.0 Å². The van der Waals surface area contributed by atoms with Crippen LogP contribution in [0.5, 0.6) is 5.88 Å². The fraction of sp³-hybridized carbons (Fsp3) is 0.0435. The van der Waals surface area contributed by atoms with Crippen molar-refractivity contribution in [1.29, 1.82) is 0 Å². The Balaban J connectivity index is 1.64. The highest BCUT2D eigenvalue weighted by Crippen LogP contribution is 2.22. The van der Waals surface area contributed by atoms with E-state index in [1.165, 1.54) is 55.8 Å². The molecule has 0 aliphatic rings. The molecule has 1 heterocycles. The third kappa shape index (κ3) is 4.23. The van der Waals surface area contributed by atoms with Gasteiger partial charge in [-0.05, 0) is 54.6 Å². The molecule has 0 fully saturated rings. The number of amides is 1. The number of carbonyl (C=O) groups excluding carboxylic acids is 2. The van der Waals surface area contributed by atoms with Crippen molar-refractivity contribution in [2.75, 3.05) is 12.4 Å². The van der Waals surface area contributed by atoms with E-state index in [1.807, 2.05) is 0 Å². The van der Waals surface area contributed by atoms with Crippen LogP contribution < -0.4 is 10.1 Å². The number of ether oxygens (including phenoxy) is 1. The van der Waals surface area contributed by atoms with E-state index in [4.69, 9.17) is 4.74 Å². The summed E-state index contributed by atoms with van der Waals surface area (Å²) in [5.74, 6) is -2.20. The lowest BCUT2D eigenvalue weighted by atomic mass is 10.0. The van der Waals surface area contributed by atoms with Gasteiger partial charge in [-0.3, -0.25) is 9.59 Å². The Morgan fingerprint density at radius 3 is 2.55 bits per heavy atom. The van der Waals surface area contributed by atoms with Crippen molar-refractivity contribution in [1.82, 2.24) is 9.97 Å². The molecule has 0 atom stereocenters. The summed E-state index contributed by atoms with van der Waals surface area (Å²) in [6, 6.07) is 13.4. The maximum atomic E-state index is 14.4. The lowest BCUT2D eigenvalue weighted by Gasteiger charge is -2.09. The second-order valence-electron chi connectivity index (χ2n) is 6.60. The number of ketones is 1. The molecule has 31 heavy (non-hydrogen) atoms. The number of rotatable bonds is 5. The summed E-state index contributed by atoms with van der Waals surface area (Å²) >= 11 is 0. The van der Waals surface area contributed by atoms with Crippen molar-refractivity contribution in [3.05, 3.63) is 95.2 Å². The zero-order valence-electron chi connectivity index (χ0n) is 16.2. The molecule has 8 heteroatoms. The fourth-order valence-electron chi connectivity index (χ4n) is 3.00. The highest BCUT2D eigenvalue weighted by Gasteiger charge is 2.17. The maximum absolute atomic E-state index is 14.4. The standard InChI is InChI=1S/C23H15F2N3O3/c1-31-21-12-26-19-8-5-13(10-20(19)28-21)22(29)17-11-16(6-7-18(17)25)27-23(30)14-3-2-4-15(24)9-14/h2-12H,1H3,(H,27,30). The van der Waals surface area contributed by atoms with Crippen molar-refractivity contribution < 1.29 is 23.1 Å². The van der Waals surface area contributed by atoms with Gasteiger partial charge in [0.1, 0.15) is 11.6 Å². The van der Waals surface area contributed by atoms with Crippen LogP contribution in [0.25, 0.3) is 11.0 Å². The van der Waals surface area contributed by atoms with Crippen molar-refractivity contribution >= 4 is 28.4 Å². The van der Waals surface area contributed by atoms with E-state index in [1.54, 1.807) is 6.07 Å². The monoisotopic (exact) mass is 419 g/mol. The molecule has 0 aliphatic heterocycles. The summed E-state index contributed by atoms with van der Waals surface area (Å²) in [4.78, 5) is 33.7. The Morgan fingerprint density at radius 1 is 0.935 bits per heavy atom. The van der Waals surface area contributed by atoms with Gasteiger partial charge in [-0.15, -0.1) is 0 Å². The van der Waals surface area contributed by atoms with Crippen LogP contribution in [0.3, 0.4) is 0 Å². The Hall–Kier alpha value is -4.20. The first-order chi connectivity index (χ1) is 14.9. The second-order valence-corrected chi connectivity index (χ2v) is 6.60. The molecule has 3 aromatic carbocycles. The number of anilines is 1. The van der Waals surface area contributed by atoms with E-state index >= 15 is 0 Å². The van der Waals surface area contributed by atoms with E-state index in [2.05, 4.69) is 15.3 Å². The molecule has 0 saturated carbocycles. The van der Waals surface area contributed by atoms with Gasteiger partial charge in [0.2, 0.25) is 5.88 Å². The molecule has 4 rings (SSSR count). The molecule has 0 bridgehead atoms. The summed E-state index contributed by atoms with van der Waals surface area (Å²) in [5.41, 5.74) is 1.23. The molecule has 1 N–H and O–H groups in total. The molecular formula is C23H15F2N3O3. The average molecular weight is 419 g/mol. The minimum Gasteiger partial charge on any atom is -0.480 e. The SMILES string of the molecule is COc1cnc2ccc(C(=O)c3cc(NC(=O)c4cccc(F)c4)ccc3F)cc2n1. The van der Waals surface area contributed by atoms with Gasteiger partial charge in [-0.2, -0.15) is 0 Å². The number of fused-ring (bicyclic) bond motifs is 1. The predicted molar refractivity (Wildman–Crippen MR) is 110 cm³/mol. The zero-order valence-corrected chi connectivity index (χ0v) is 16.2. The third-order valence-electron chi connectivity index (χ3n) is 4.55. The number of methoxy groups -OCH3 is 1. The Labute approximate surface area is 175 Å². The molecule has 0 aliphatic carbocycles. The molecular weight excluding hydrogens is 404 g/mol. The largest absolute Gasteiger partial charge is 0.480 e. The van der Waals surface area contributed by atoms with Crippen LogP contribution in [0.15, 0.2) is 66.9 Å². The van der Waals surface area contributed by atoms with Gasteiger partial charge in [0.05, 0.1) is 29.9 Å². The Morgan fingerprint density at radius 2 is 1.77 bits per heavy atom. The van der Waals surface area contributed by atoms with Crippen LogP contribution in [-0.2, 0) is 0 Å². The van der Waals surface area contributed by atoms with Crippen molar-refractivity contribution in [2.24, 2.45) is 0 Å². The van der Waals surface area contributed by atoms with Gasteiger partial charge in [0.15, 0.2) is 5.78 Å². The fourth-order valence-corrected chi connectivity index (χ4v) is 3.00. The number of hydrogen-bond acceptors (Lipinski definition) is 5. The summed E-state index contributed by atoms with van der Waals surface area (Å²) in [6.07, 6.45) is 1.45. The molecule has 1 aromatic heterocycles. The van der Waals surface area contributed by atoms with Crippen LogP contribution in [-0.4, -0.2) is 28.8 Å². The molecule has 0 radical (unpaired) electrons. The topological polar surface area (TPSA) is 81.2 Å². The Kier molecular flexibility index (Phi) is 5.36. The lowest BCUT2D eigenvalue weighted by Crippen LogP contribution is -2.13. The number of benzene rings is 3. The van der Waals surface area contributed by atoms with E-state index in [0.717, 1.165) is 12.1 Å². The maximum Gasteiger partial charge on any atom is 0.255 e. The molecule has 4 aromatic rings. The van der Waals surface area contributed by atoms with Gasteiger partial charge >= 0.3 is 0 Å². The van der Waals surface area contributed by atoms with Crippen LogP contribution in [0, 0.1) is 11.6 Å². The molecule has 1 amide bonds. The van der Waals surface area contributed by atoms with Crippen LogP contribution in [0.1, 0.15) is 26.3 Å². The number of nitrogens with zero attached hydrogens (tertiary/aromatic N) is 2. The van der Waals surface area contributed by atoms with E-state index < -0.39 is 23.3 Å². The highest BCUT2D eigenvalue weighted by atomic mass is 19.1.